The Morgan fingerprint density at radius 3 is 2.53 bits per heavy atom. The molecule has 7 nitrogen and oxygen atoms in total. The molecular weight excluding hydrogens is 491 g/mol. The van der Waals surface area contributed by atoms with Gasteiger partial charge in [0.1, 0.15) is 5.52 Å². The lowest BCUT2D eigenvalue weighted by Gasteiger charge is -2.09. The molecule has 0 radical (unpaired) electrons. The van der Waals surface area contributed by atoms with E-state index < -0.39 is 28.0 Å². The first-order valence-corrected chi connectivity index (χ1v) is 12.0. The van der Waals surface area contributed by atoms with Crippen LogP contribution in [0.25, 0.3) is 11.1 Å². The van der Waals surface area contributed by atoms with E-state index in [1.54, 1.807) is 18.2 Å². The van der Waals surface area contributed by atoms with Crippen molar-refractivity contribution < 1.29 is 30.8 Å². The molecule has 3 rings (SSSR count). The average molecular weight is 508 g/mol. The van der Waals surface area contributed by atoms with E-state index in [1.807, 2.05) is 12.1 Å². The van der Waals surface area contributed by atoms with E-state index in [0.29, 0.717) is 27.1 Å². The van der Waals surface area contributed by atoms with Gasteiger partial charge in [0, 0.05) is 29.4 Å². The van der Waals surface area contributed by atoms with Crippen LogP contribution in [-0.2, 0) is 15.8 Å². The van der Waals surface area contributed by atoms with Gasteiger partial charge < -0.3 is 9.73 Å². The molecule has 1 aromatic heterocycles. The molecule has 13 heteroatoms. The Morgan fingerprint density at radius 1 is 1.12 bits per heavy atom. The quantitative estimate of drug-likeness (QED) is 0.330. The monoisotopic (exact) mass is 507 g/mol. The summed E-state index contributed by atoms with van der Waals surface area (Å²) in [6.45, 7) is -0.475. The van der Waals surface area contributed by atoms with Crippen LogP contribution in [0.2, 0.25) is 5.02 Å². The zero-order chi connectivity index (χ0) is 23.4. The summed E-state index contributed by atoms with van der Waals surface area (Å²) in [7, 11) is -5.39. The van der Waals surface area contributed by atoms with Gasteiger partial charge in [-0.2, -0.15) is 13.2 Å². The Kier molecular flexibility index (Phi) is 7.70. The van der Waals surface area contributed by atoms with Gasteiger partial charge in [0.2, 0.25) is 0 Å². The van der Waals surface area contributed by atoms with Crippen molar-refractivity contribution in [2.24, 2.45) is 0 Å². The Morgan fingerprint density at radius 2 is 1.84 bits per heavy atom. The van der Waals surface area contributed by atoms with Crippen LogP contribution >= 0.6 is 23.4 Å². The first-order chi connectivity index (χ1) is 15.0. The number of nitrogens with zero attached hydrogens (tertiary/aromatic N) is 1. The molecule has 2 aromatic carbocycles. The highest BCUT2D eigenvalue weighted by Crippen LogP contribution is 2.27. The van der Waals surface area contributed by atoms with Crippen molar-refractivity contribution in [1.29, 1.82) is 0 Å². The van der Waals surface area contributed by atoms with Crippen LogP contribution in [0.15, 0.2) is 52.1 Å². The van der Waals surface area contributed by atoms with E-state index in [0.717, 1.165) is 5.56 Å². The van der Waals surface area contributed by atoms with Gasteiger partial charge in [-0.05, 0) is 42.3 Å². The minimum atomic E-state index is -5.39. The third-order valence-corrected chi connectivity index (χ3v) is 6.49. The normalized spacial score (nSPS) is 12.2. The smallest absolute Gasteiger partial charge is 0.431 e. The molecule has 0 atom stereocenters. The molecule has 0 bridgehead atoms. The maximum Gasteiger partial charge on any atom is 0.511 e. The summed E-state index contributed by atoms with van der Waals surface area (Å²) in [6.07, 6.45) is -0.0151. The average Bonchev–Trinajstić information content (AvgIpc) is 3.14. The number of fused-ring (bicyclic) bond motifs is 1. The van der Waals surface area contributed by atoms with Crippen LogP contribution in [0.4, 0.5) is 13.2 Å². The molecule has 0 unspecified atom stereocenters. The van der Waals surface area contributed by atoms with E-state index in [9.17, 15) is 26.4 Å². The van der Waals surface area contributed by atoms with E-state index in [2.05, 4.69) is 10.3 Å². The second kappa shape index (κ2) is 10.1. The van der Waals surface area contributed by atoms with Crippen LogP contribution < -0.4 is 10.0 Å². The van der Waals surface area contributed by atoms with Crippen molar-refractivity contribution >= 4 is 50.4 Å². The molecule has 0 aliphatic carbocycles. The number of carbonyl (C=O) groups is 1. The number of amides is 1. The van der Waals surface area contributed by atoms with Crippen molar-refractivity contribution in [2.45, 2.75) is 22.9 Å². The maximum atomic E-state index is 12.2. The molecule has 0 aliphatic rings. The number of oxazole rings is 1. The molecule has 0 saturated heterocycles. The molecule has 0 aliphatic heterocycles. The summed E-state index contributed by atoms with van der Waals surface area (Å²) in [5.41, 5.74) is -3.05. The number of benzene rings is 2. The second-order valence-corrected chi connectivity index (χ2v) is 9.65. The standard InChI is InChI=1S/C19H17ClF3N3O4S2/c20-14-5-2-12(3-6-14)11-31-18-26-15-10-13(4-7-16(15)30-18)17(27)24-8-1-9-25-32(28,29)19(21,22)23/h2-7,10,25H,1,8-9,11H2,(H,24,27). The van der Waals surface area contributed by atoms with Gasteiger partial charge in [0.25, 0.3) is 11.1 Å². The summed E-state index contributed by atoms with van der Waals surface area (Å²) in [6, 6.07) is 12.0. The summed E-state index contributed by atoms with van der Waals surface area (Å²) in [5, 5.41) is 3.60. The Hall–Kier alpha value is -2.28. The third kappa shape index (κ3) is 6.37. The van der Waals surface area contributed by atoms with E-state index in [4.69, 9.17) is 16.0 Å². The van der Waals surface area contributed by atoms with Crippen LogP contribution in [0.5, 0.6) is 0 Å². The number of sulfonamides is 1. The summed E-state index contributed by atoms with van der Waals surface area (Å²) < 4.78 is 65.6. The van der Waals surface area contributed by atoms with Gasteiger partial charge in [0.15, 0.2) is 5.58 Å². The minimum absolute atomic E-state index is 0.0151. The van der Waals surface area contributed by atoms with Gasteiger partial charge in [-0.3, -0.25) is 4.79 Å². The Labute approximate surface area is 190 Å². The van der Waals surface area contributed by atoms with Crippen LogP contribution in [0, 0.1) is 0 Å². The van der Waals surface area contributed by atoms with Gasteiger partial charge in [-0.1, -0.05) is 35.5 Å². The van der Waals surface area contributed by atoms with Crippen molar-refractivity contribution in [3.8, 4) is 0 Å². The van der Waals surface area contributed by atoms with Gasteiger partial charge in [-0.15, -0.1) is 0 Å². The van der Waals surface area contributed by atoms with Gasteiger partial charge in [0.05, 0.1) is 0 Å². The van der Waals surface area contributed by atoms with Crippen LogP contribution in [0.3, 0.4) is 0 Å². The number of thioether (sulfide) groups is 1. The number of rotatable bonds is 9. The summed E-state index contributed by atoms with van der Waals surface area (Å²) >= 11 is 7.25. The lowest BCUT2D eigenvalue weighted by Crippen LogP contribution is -2.38. The molecule has 3 aromatic rings. The first kappa shape index (κ1) is 24.4. The molecule has 2 N–H and O–H groups in total. The summed E-state index contributed by atoms with van der Waals surface area (Å²) in [5.74, 6) is 0.152. The maximum absolute atomic E-state index is 12.2. The third-order valence-electron chi connectivity index (χ3n) is 4.14. The van der Waals surface area contributed by atoms with Crippen molar-refractivity contribution in [3.63, 3.8) is 0 Å². The molecule has 0 saturated carbocycles. The zero-order valence-corrected chi connectivity index (χ0v) is 18.7. The van der Waals surface area contributed by atoms with Crippen molar-refractivity contribution in [1.82, 2.24) is 15.0 Å². The van der Waals surface area contributed by atoms with E-state index in [-0.39, 0.29) is 18.5 Å². The Bertz CT molecular complexity index is 1200. The van der Waals surface area contributed by atoms with Gasteiger partial charge in [-0.25, -0.2) is 18.1 Å². The predicted octanol–water partition coefficient (Wildman–Crippen LogP) is 4.33. The molecule has 0 fully saturated rings. The molecule has 32 heavy (non-hydrogen) atoms. The lowest BCUT2D eigenvalue weighted by atomic mass is 10.2. The highest BCUT2D eigenvalue weighted by molar-refractivity contribution is 7.98. The summed E-state index contributed by atoms with van der Waals surface area (Å²) in [4.78, 5) is 16.6. The van der Waals surface area contributed by atoms with E-state index in [1.165, 1.54) is 28.6 Å². The highest BCUT2D eigenvalue weighted by Gasteiger charge is 2.45. The fourth-order valence-corrected chi connectivity index (χ4v) is 4.01. The Balaban J connectivity index is 1.51. The SMILES string of the molecule is O=C(NCCCNS(=O)(=O)C(F)(F)F)c1ccc2oc(SCc3ccc(Cl)cc3)nc2c1. The zero-order valence-electron chi connectivity index (χ0n) is 16.3. The lowest BCUT2D eigenvalue weighted by molar-refractivity contribution is -0.0447. The van der Waals surface area contributed by atoms with E-state index >= 15 is 0 Å². The topological polar surface area (TPSA) is 101 Å². The molecule has 172 valence electrons. The minimum Gasteiger partial charge on any atom is -0.431 e. The number of halogens is 4. The number of alkyl halides is 3. The number of aromatic nitrogens is 1. The first-order valence-electron chi connectivity index (χ1n) is 9.17. The van der Waals surface area contributed by atoms with Crippen molar-refractivity contribution in [3.05, 3.63) is 58.6 Å². The van der Waals surface area contributed by atoms with Gasteiger partial charge >= 0.3 is 15.5 Å². The van der Waals surface area contributed by atoms with Crippen LogP contribution in [0.1, 0.15) is 22.3 Å². The molecular formula is C19H17ClF3N3O4S2. The number of nitrogens with one attached hydrogen (secondary N) is 2. The number of hydrogen-bond donors (Lipinski definition) is 2. The fourth-order valence-electron chi connectivity index (χ4n) is 2.52. The fraction of sp³-hybridized carbons (Fsp3) is 0.263. The number of carbonyl (C=O) groups excluding carboxylic acids is 1. The molecule has 1 amide bonds. The number of hydrogen-bond acceptors (Lipinski definition) is 6. The predicted molar refractivity (Wildman–Crippen MR) is 115 cm³/mol. The molecule has 0 spiro atoms. The molecule has 1 heterocycles. The largest absolute Gasteiger partial charge is 0.511 e. The second-order valence-electron chi connectivity index (χ2n) is 6.53. The highest BCUT2D eigenvalue weighted by atomic mass is 35.5. The van der Waals surface area contributed by atoms with Crippen molar-refractivity contribution in [2.75, 3.05) is 13.1 Å². The van der Waals surface area contributed by atoms with Crippen LogP contribution in [-0.4, -0.2) is 37.9 Å².